The molecule has 0 spiro atoms. The van der Waals surface area contributed by atoms with Gasteiger partial charge in [-0.25, -0.2) is 17.8 Å². The lowest BCUT2D eigenvalue weighted by Gasteiger charge is -2.13. The third-order valence-corrected chi connectivity index (χ3v) is 7.20. The third-order valence-electron chi connectivity index (χ3n) is 6.37. The van der Waals surface area contributed by atoms with Gasteiger partial charge in [-0.05, 0) is 41.6 Å². The second-order valence-corrected chi connectivity index (χ2v) is 11.3. The molecule has 1 aliphatic rings. The molecule has 9 nitrogen and oxygen atoms in total. The van der Waals surface area contributed by atoms with Crippen molar-refractivity contribution in [1.82, 2.24) is 24.6 Å². The van der Waals surface area contributed by atoms with Gasteiger partial charge in [-0.3, -0.25) is 14.5 Å². The molecule has 36 heavy (non-hydrogen) atoms. The van der Waals surface area contributed by atoms with Crippen LogP contribution in [-0.2, 0) is 33.4 Å². The fourth-order valence-corrected chi connectivity index (χ4v) is 5.21. The Morgan fingerprint density at radius 1 is 1.06 bits per heavy atom. The molecule has 0 aliphatic carbocycles. The molecule has 0 fully saturated rings. The van der Waals surface area contributed by atoms with Crippen molar-refractivity contribution < 1.29 is 17.6 Å². The number of carbonyl (C=O) groups excluding carboxylic acids is 1. The van der Waals surface area contributed by atoms with Crippen LogP contribution < -0.4 is 5.32 Å². The van der Waals surface area contributed by atoms with Crippen molar-refractivity contribution in [2.45, 2.75) is 25.6 Å². The molecule has 0 saturated carbocycles. The Morgan fingerprint density at radius 2 is 1.86 bits per heavy atom. The predicted molar refractivity (Wildman–Crippen MR) is 135 cm³/mol. The van der Waals surface area contributed by atoms with Gasteiger partial charge in [0.05, 0.1) is 5.75 Å². The Hall–Kier alpha value is -3.86. The minimum Gasteiger partial charge on any atom is -0.344 e. The fraction of sp³-hybridized carbons (Fsp3) is 0.280. The molecule has 1 amide bonds. The summed E-state index contributed by atoms with van der Waals surface area (Å²) in [4.78, 5) is 22.4. The molecular weight excluding hydrogens is 483 g/mol. The number of rotatable bonds is 5. The van der Waals surface area contributed by atoms with E-state index in [0.717, 1.165) is 17.3 Å². The summed E-state index contributed by atoms with van der Waals surface area (Å²) in [6.45, 7) is 2.59. The van der Waals surface area contributed by atoms with Crippen molar-refractivity contribution in [1.29, 1.82) is 0 Å². The van der Waals surface area contributed by atoms with Crippen LogP contribution in [0.2, 0.25) is 0 Å². The second-order valence-electron chi connectivity index (χ2n) is 9.16. The van der Waals surface area contributed by atoms with E-state index in [1.165, 1.54) is 12.3 Å². The van der Waals surface area contributed by atoms with E-state index in [1.54, 1.807) is 48.1 Å². The van der Waals surface area contributed by atoms with Gasteiger partial charge < -0.3 is 10.2 Å². The van der Waals surface area contributed by atoms with Crippen molar-refractivity contribution in [3.63, 3.8) is 0 Å². The minimum absolute atomic E-state index is 0.00664. The number of likely N-dealkylation sites (N-methyl/N-ethyl adjacent to an activating group) is 1. The molecule has 0 saturated heterocycles. The van der Waals surface area contributed by atoms with Crippen LogP contribution >= 0.6 is 0 Å². The highest BCUT2D eigenvalue weighted by molar-refractivity contribution is 7.89. The first-order valence-electron chi connectivity index (χ1n) is 11.4. The maximum absolute atomic E-state index is 15.1. The Morgan fingerprint density at radius 3 is 2.64 bits per heavy atom. The number of hydrogen-bond acceptors (Lipinski definition) is 7. The number of halogens is 1. The molecular formula is C25H25FN6O3S. The smallest absolute Gasteiger partial charge is 0.244 e. The van der Waals surface area contributed by atoms with Gasteiger partial charge >= 0.3 is 0 Å². The molecule has 3 aromatic heterocycles. The Kier molecular flexibility index (Phi) is 5.95. The molecule has 0 atom stereocenters. The van der Waals surface area contributed by atoms with E-state index in [2.05, 4.69) is 20.4 Å². The number of nitrogens with one attached hydrogen (secondary N) is 1. The Balaban J connectivity index is 1.48. The van der Waals surface area contributed by atoms with E-state index in [9.17, 15) is 13.2 Å². The van der Waals surface area contributed by atoms with Crippen LogP contribution in [0.4, 0.5) is 16.0 Å². The Labute approximate surface area is 207 Å². The molecule has 0 radical (unpaired) electrons. The highest BCUT2D eigenvalue weighted by atomic mass is 32.2. The number of aromatic nitrogens is 4. The lowest BCUT2D eigenvalue weighted by Crippen LogP contribution is -2.29. The van der Waals surface area contributed by atoms with Crippen molar-refractivity contribution in [3.05, 3.63) is 65.5 Å². The molecule has 1 N–H and O–H groups in total. The Bertz CT molecular complexity index is 1620. The van der Waals surface area contributed by atoms with Crippen LogP contribution in [0, 0.1) is 12.7 Å². The van der Waals surface area contributed by atoms with E-state index in [-0.39, 0.29) is 18.2 Å². The number of hydrogen-bond donors (Lipinski definition) is 1. The highest BCUT2D eigenvalue weighted by Gasteiger charge is 2.20. The monoisotopic (exact) mass is 508 g/mol. The molecule has 5 rings (SSSR count). The standard InChI is InChI=1S/C25H25FN6O3S/c1-15-18(14-36(3,34)35)10-27-12-21(15)20-6-16-8-23(28-11-17(16)7-22(20)26)29-24-9-19-4-5-31(2)25(33)13-32(19)30-24/h6-12H,4-5,13-14H2,1-3H3,(H,28,29,30). The second kappa shape index (κ2) is 8.98. The van der Waals surface area contributed by atoms with Gasteiger partial charge in [0.2, 0.25) is 5.91 Å². The number of benzene rings is 1. The van der Waals surface area contributed by atoms with E-state index >= 15 is 4.39 Å². The van der Waals surface area contributed by atoms with Gasteiger partial charge in [0, 0.05) is 73.1 Å². The molecule has 0 bridgehead atoms. The molecule has 1 aliphatic heterocycles. The fourth-order valence-electron chi connectivity index (χ4n) is 4.35. The van der Waals surface area contributed by atoms with Crippen molar-refractivity contribution in [2.24, 2.45) is 0 Å². The van der Waals surface area contributed by atoms with Gasteiger partial charge in [-0.15, -0.1) is 0 Å². The molecule has 0 unspecified atom stereocenters. The number of amides is 1. The van der Waals surface area contributed by atoms with Crippen molar-refractivity contribution in [3.8, 4) is 11.1 Å². The summed E-state index contributed by atoms with van der Waals surface area (Å²) in [6, 6.07) is 6.81. The third kappa shape index (κ3) is 4.78. The van der Waals surface area contributed by atoms with E-state index in [4.69, 9.17) is 0 Å². The van der Waals surface area contributed by atoms with E-state index < -0.39 is 15.7 Å². The van der Waals surface area contributed by atoms with Gasteiger partial charge in [0.1, 0.15) is 18.2 Å². The van der Waals surface area contributed by atoms with E-state index in [1.807, 2.05) is 6.07 Å². The largest absolute Gasteiger partial charge is 0.344 e. The number of nitrogens with zero attached hydrogens (tertiary/aromatic N) is 5. The minimum atomic E-state index is -3.27. The quantitative estimate of drug-likeness (QED) is 0.441. The van der Waals surface area contributed by atoms with Crippen LogP contribution in [0.25, 0.3) is 21.9 Å². The summed E-state index contributed by atoms with van der Waals surface area (Å²) < 4.78 is 40.4. The molecule has 186 valence electrons. The number of carbonyl (C=O) groups is 1. The van der Waals surface area contributed by atoms with Crippen LogP contribution in [0.3, 0.4) is 0 Å². The topological polar surface area (TPSA) is 110 Å². The average molecular weight is 509 g/mol. The lowest BCUT2D eigenvalue weighted by molar-refractivity contribution is -0.130. The molecule has 4 heterocycles. The zero-order valence-electron chi connectivity index (χ0n) is 20.1. The number of anilines is 2. The summed E-state index contributed by atoms with van der Waals surface area (Å²) in [6.07, 6.45) is 6.49. The first-order chi connectivity index (χ1) is 17.1. The maximum Gasteiger partial charge on any atom is 0.244 e. The summed E-state index contributed by atoms with van der Waals surface area (Å²) in [5.41, 5.74) is 3.03. The number of pyridine rings is 2. The predicted octanol–water partition coefficient (Wildman–Crippen LogP) is 3.24. The van der Waals surface area contributed by atoms with Gasteiger partial charge in [-0.2, -0.15) is 5.10 Å². The summed E-state index contributed by atoms with van der Waals surface area (Å²) in [5.74, 6) is 0.497. The number of fused-ring (bicyclic) bond motifs is 2. The zero-order valence-corrected chi connectivity index (χ0v) is 20.9. The first kappa shape index (κ1) is 23.9. The lowest BCUT2D eigenvalue weighted by atomic mass is 9.97. The molecule has 1 aromatic carbocycles. The van der Waals surface area contributed by atoms with Crippen molar-refractivity contribution in [2.75, 3.05) is 25.2 Å². The van der Waals surface area contributed by atoms with Crippen LogP contribution in [0.1, 0.15) is 16.8 Å². The van der Waals surface area contributed by atoms with Gasteiger partial charge in [0.15, 0.2) is 15.7 Å². The SMILES string of the molecule is Cc1c(CS(C)(=O)=O)cncc1-c1cc2cc(Nc3cc4n(n3)CC(=O)N(C)CC4)ncc2cc1F. The summed E-state index contributed by atoms with van der Waals surface area (Å²) >= 11 is 0. The number of sulfone groups is 1. The van der Waals surface area contributed by atoms with Crippen LogP contribution in [0.5, 0.6) is 0 Å². The summed E-state index contributed by atoms with van der Waals surface area (Å²) in [5, 5.41) is 9.04. The molecule has 4 aromatic rings. The van der Waals surface area contributed by atoms with Crippen molar-refractivity contribution >= 4 is 38.2 Å². The summed E-state index contributed by atoms with van der Waals surface area (Å²) in [7, 11) is -1.49. The van der Waals surface area contributed by atoms with Gasteiger partial charge in [-0.1, -0.05) is 0 Å². The van der Waals surface area contributed by atoms with E-state index in [0.29, 0.717) is 52.2 Å². The zero-order chi connectivity index (χ0) is 25.6. The molecule has 11 heteroatoms. The first-order valence-corrected chi connectivity index (χ1v) is 13.4. The van der Waals surface area contributed by atoms with Gasteiger partial charge in [0.25, 0.3) is 0 Å². The highest BCUT2D eigenvalue weighted by Crippen LogP contribution is 2.32. The van der Waals surface area contributed by atoms with Crippen LogP contribution in [-0.4, -0.2) is 58.8 Å². The normalized spacial score (nSPS) is 14.1. The average Bonchev–Trinajstić information content (AvgIpc) is 3.12. The van der Waals surface area contributed by atoms with Crippen LogP contribution in [0.15, 0.2) is 42.9 Å². The maximum atomic E-state index is 15.1.